The van der Waals surface area contributed by atoms with Gasteiger partial charge in [0.1, 0.15) is 35.3 Å². The SMILES string of the molecule is CCOP(=O)(OCC)c1ccccc1OCCOCCOCCOCCOc1ccccc1P(=O)(OCC)OCC. The van der Waals surface area contributed by atoms with Crippen LogP contribution in [0.1, 0.15) is 27.7 Å². The van der Waals surface area contributed by atoms with Gasteiger partial charge in [-0.2, -0.15) is 0 Å². The van der Waals surface area contributed by atoms with Crippen LogP contribution < -0.4 is 20.1 Å². The molecule has 0 aliphatic rings. The fourth-order valence-corrected chi connectivity index (χ4v) is 7.03. The predicted octanol–water partition coefficient (Wildman–Crippen LogP) is 4.98. The summed E-state index contributed by atoms with van der Waals surface area (Å²) in [7, 11) is -6.90. The lowest BCUT2D eigenvalue weighted by Crippen LogP contribution is -2.18. The Kier molecular flexibility index (Phi) is 17.4. The highest BCUT2D eigenvalue weighted by molar-refractivity contribution is 7.62. The molecule has 232 valence electrons. The van der Waals surface area contributed by atoms with Crippen molar-refractivity contribution in [1.82, 2.24) is 0 Å². The zero-order valence-electron chi connectivity index (χ0n) is 24.5. The van der Waals surface area contributed by atoms with E-state index in [4.69, 9.17) is 41.8 Å². The number of rotatable bonds is 24. The molecule has 0 spiro atoms. The maximum atomic E-state index is 13.1. The lowest BCUT2D eigenvalue weighted by molar-refractivity contribution is 0.00506. The third kappa shape index (κ3) is 12.2. The summed E-state index contributed by atoms with van der Waals surface area (Å²) >= 11 is 0. The molecule has 0 radical (unpaired) electrons. The van der Waals surface area contributed by atoms with Crippen molar-refractivity contribution in [3.8, 4) is 11.5 Å². The van der Waals surface area contributed by atoms with Crippen molar-refractivity contribution < 1.29 is 50.9 Å². The van der Waals surface area contributed by atoms with Crippen molar-refractivity contribution in [1.29, 1.82) is 0 Å². The highest BCUT2D eigenvalue weighted by Crippen LogP contribution is 2.50. The average Bonchev–Trinajstić information content (AvgIpc) is 2.96. The van der Waals surface area contributed by atoms with Gasteiger partial charge in [-0.15, -0.1) is 0 Å². The van der Waals surface area contributed by atoms with E-state index in [-0.39, 0.29) is 39.6 Å². The Labute approximate surface area is 243 Å². The number of para-hydroxylation sites is 2. The molecule has 2 aromatic carbocycles. The largest absolute Gasteiger partial charge is 0.490 e. The molecular weight excluding hydrogens is 574 g/mol. The molecule has 0 unspecified atom stereocenters. The van der Waals surface area contributed by atoms with E-state index in [0.717, 1.165) is 0 Å². The second-order valence-corrected chi connectivity index (χ2v) is 12.1. The standard InChI is InChI=1S/C28H44O11P2/c1-5-36-40(29,37-6-2)27-15-11-9-13-25(27)34-23-21-32-19-17-31-18-20-33-22-24-35-26-14-10-12-16-28(26)41(30,38-7-3)39-8-4/h9-16H,5-8,17-24H2,1-4H3. The molecule has 0 aliphatic heterocycles. The number of hydrogen-bond donors (Lipinski definition) is 0. The first-order valence-corrected chi connectivity index (χ1v) is 17.0. The Morgan fingerprint density at radius 1 is 0.463 bits per heavy atom. The van der Waals surface area contributed by atoms with Crippen molar-refractivity contribution in [3.63, 3.8) is 0 Å². The molecule has 0 heterocycles. The van der Waals surface area contributed by atoms with Crippen LogP contribution in [0.3, 0.4) is 0 Å². The molecule has 41 heavy (non-hydrogen) atoms. The van der Waals surface area contributed by atoms with Gasteiger partial charge in [-0.05, 0) is 52.0 Å². The Hall–Kier alpha value is -1.78. The van der Waals surface area contributed by atoms with Crippen LogP contribution in [0.15, 0.2) is 48.5 Å². The van der Waals surface area contributed by atoms with E-state index in [1.807, 2.05) is 0 Å². The molecule has 0 amide bonds. The van der Waals surface area contributed by atoms with Crippen LogP contribution in [0.25, 0.3) is 0 Å². The summed E-state index contributed by atoms with van der Waals surface area (Å²) in [6.07, 6.45) is 0. The quantitative estimate of drug-likeness (QED) is 0.117. The molecule has 0 aliphatic carbocycles. The minimum absolute atomic E-state index is 0.260. The van der Waals surface area contributed by atoms with E-state index < -0.39 is 15.2 Å². The molecule has 11 nitrogen and oxygen atoms in total. The fourth-order valence-electron chi connectivity index (χ4n) is 3.61. The van der Waals surface area contributed by atoms with Crippen molar-refractivity contribution >= 4 is 25.8 Å². The molecule has 0 fully saturated rings. The fraction of sp³-hybridized carbons (Fsp3) is 0.571. The van der Waals surface area contributed by atoms with Gasteiger partial charge >= 0.3 is 15.2 Å². The van der Waals surface area contributed by atoms with Gasteiger partial charge in [0.05, 0.1) is 66.1 Å². The summed E-state index contributed by atoms with van der Waals surface area (Å²) in [5, 5.41) is 0.801. The first kappa shape index (κ1) is 35.4. The van der Waals surface area contributed by atoms with Crippen molar-refractivity contribution in [3.05, 3.63) is 48.5 Å². The van der Waals surface area contributed by atoms with E-state index in [0.29, 0.717) is 61.7 Å². The van der Waals surface area contributed by atoms with E-state index >= 15 is 0 Å². The Bertz CT molecular complexity index is 979. The van der Waals surface area contributed by atoms with Gasteiger partial charge < -0.3 is 41.8 Å². The summed E-state index contributed by atoms with van der Waals surface area (Å²) in [5.74, 6) is 0.889. The van der Waals surface area contributed by atoms with Crippen LogP contribution in [0, 0.1) is 0 Å². The maximum absolute atomic E-state index is 13.1. The first-order chi connectivity index (χ1) is 19.9. The van der Waals surface area contributed by atoms with Gasteiger partial charge in [-0.1, -0.05) is 24.3 Å². The monoisotopic (exact) mass is 618 g/mol. The Morgan fingerprint density at radius 3 is 1.07 bits per heavy atom. The highest BCUT2D eigenvalue weighted by atomic mass is 31.2. The molecule has 0 N–H and O–H groups in total. The summed E-state index contributed by atoms with van der Waals surface area (Å²) in [4.78, 5) is 0. The van der Waals surface area contributed by atoms with Crippen LogP contribution in [-0.2, 0) is 41.4 Å². The topological polar surface area (TPSA) is 117 Å². The van der Waals surface area contributed by atoms with E-state index in [2.05, 4.69) is 0 Å². The molecular formula is C28H44O11P2. The minimum Gasteiger partial charge on any atom is -0.490 e. The van der Waals surface area contributed by atoms with Gasteiger partial charge in [0.2, 0.25) is 0 Å². The highest BCUT2D eigenvalue weighted by Gasteiger charge is 2.31. The number of hydrogen-bond acceptors (Lipinski definition) is 11. The second kappa shape index (κ2) is 20.2. The van der Waals surface area contributed by atoms with E-state index in [1.165, 1.54) is 0 Å². The van der Waals surface area contributed by atoms with Gasteiger partial charge in [0.15, 0.2) is 0 Å². The summed E-state index contributed by atoms with van der Waals surface area (Å²) in [6.45, 7) is 10.9. The molecule has 0 atom stereocenters. The van der Waals surface area contributed by atoms with Crippen LogP contribution in [0.5, 0.6) is 11.5 Å². The predicted molar refractivity (Wildman–Crippen MR) is 157 cm³/mol. The number of benzene rings is 2. The third-order valence-corrected chi connectivity index (χ3v) is 9.54. The van der Waals surface area contributed by atoms with Crippen LogP contribution in [0.2, 0.25) is 0 Å². The van der Waals surface area contributed by atoms with Crippen molar-refractivity contribution in [2.45, 2.75) is 27.7 Å². The minimum atomic E-state index is -3.45. The van der Waals surface area contributed by atoms with E-state index in [1.54, 1.807) is 76.2 Å². The van der Waals surface area contributed by atoms with Gasteiger partial charge in [0.25, 0.3) is 0 Å². The van der Waals surface area contributed by atoms with Gasteiger partial charge in [-0.3, -0.25) is 9.13 Å². The summed E-state index contributed by atoms with van der Waals surface area (Å²) in [5.41, 5.74) is 0. The Balaban J connectivity index is 1.59. The van der Waals surface area contributed by atoms with Crippen LogP contribution >= 0.6 is 15.2 Å². The molecule has 2 rings (SSSR count). The van der Waals surface area contributed by atoms with Crippen molar-refractivity contribution in [2.24, 2.45) is 0 Å². The molecule has 13 heteroatoms. The number of ether oxygens (including phenoxy) is 5. The van der Waals surface area contributed by atoms with Crippen LogP contribution in [0.4, 0.5) is 0 Å². The molecule has 0 saturated heterocycles. The van der Waals surface area contributed by atoms with E-state index in [9.17, 15) is 9.13 Å². The third-order valence-electron chi connectivity index (χ3n) is 5.23. The summed E-state index contributed by atoms with van der Waals surface area (Å²) < 4.78 is 76.1. The maximum Gasteiger partial charge on any atom is 0.365 e. The lowest BCUT2D eigenvalue weighted by Gasteiger charge is -2.20. The zero-order valence-corrected chi connectivity index (χ0v) is 26.3. The smallest absolute Gasteiger partial charge is 0.365 e. The lowest BCUT2D eigenvalue weighted by atomic mass is 10.3. The first-order valence-electron chi connectivity index (χ1n) is 13.9. The normalized spacial score (nSPS) is 12.0. The summed E-state index contributed by atoms with van der Waals surface area (Å²) in [6, 6.07) is 14.0. The van der Waals surface area contributed by atoms with Gasteiger partial charge in [-0.25, -0.2) is 0 Å². The Morgan fingerprint density at radius 2 is 0.756 bits per heavy atom. The zero-order chi connectivity index (χ0) is 29.8. The van der Waals surface area contributed by atoms with Gasteiger partial charge in [0, 0.05) is 0 Å². The molecule has 0 bridgehead atoms. The average molecular weight is 619 g/mol. The van der Waals surface area contributed by atoms with Crippen LogP contribution in [-0.4, -0.2) is 79.3 Å². The molecule has 2 aromatic rings. The van der Waals surface area contributed by atoms with Crippen molar-refractivity contribution in [2.75, 3.05) is 79.3 Å². The molecule has 0 aromatic heterocycles. The molecule has 0 saturated carbocycles. The second-order valence-electron chi connectivity index (χ2n) is 8.14.